The van der Waals surface area contributed by atoms with E-state index < -0.39 is 5.97 Å². The summed E-state index contributed by atoms with van der Waals surface area (Å²) in [5.74, 6) is -0.576. The fourth-order valence-electron chi connectivity index (χ4n) is 0.899. The number of nitrogens with zero attached hydrogens (tertiary/aromatic N) is 1. The normalized spacial score (nSPS) is 17.9. The fourth-order valence-corrected chi connectivity index (χ4v) is 1.72. The molecule has 1 heterocycles. The summed E-state index contributed by atoms with van der Waals surface area (Å²) in [6, 6.07) is 1.84. The van der Waals surface area contributed by atoms with Crippen molar-refractivity contribution in [2.75, 3.05) is 6.61 Å². The minimum Gasteiger partial charge on any atom is -0.462 e. The van der Waals surface area contributed by atoms with Gasteiger partial charge in [0, 0.05) is 5.70 Å². The van der Waals surface area contributed by atoms with Gasteiger partial charge in [0.05, 0.1) is 6.61 Å². The maximum atomic E-state index is 11.3. The van der Waals surface area contributed by atoms with E-state index in [1.54, 1.807) is 6.92 Å². The fraction of sp³-hybridized carbons (Fsp3) is 0.333. The molecular weight excluding hydrogens is 200 g/mol. The highest BCUT2D eigenvalue weighted by Gasteiger charge is 2.19. The molecule has 0 saturated carbocycles. The molecule has 4 nitrogen and oxygen atoms in total. The van der Waals surface area contributed by atoms with Gasteiger partial charge in [0.2, 0.25) is 0 Å². The van der Waals surface area contributed by atoms with Gasteiger partial charge in [0.25, 0.3) is 0 Å². The first-order chi connectivity index (χ1) is 6.69. The number of rotatable bonds is 2. The molecule has 5 heteroatoms. The number of nitrogens with one attached hydrogen (secondary N) is 1. The van der Waals surface area contributed by atoms with Crippen molar-refractivity contribution in [2.45, 2.75) is 13.8 Å². The average molecular weight is 210 g/mol. The molecule has 1 aliphatic heterocycles. The van der Waals surface area contributed by atoms with Gasteiger partial charge in [-0.15, -0.1) is 0 Å². The van der Waals surface area contributed by atoms with Crippen LogP contribution in [0, 0.1) is 11.3 Å². The van der Waals surface area contributed by atoms with E-state index in [2.05, 4.69) is 5.32 Å². The molecule has 14 heavy (non-hydrogen) atoms. The molecule has 0 radical (unpaired) electrons. The first-order valence-electron chi connectivity index (χ1n) is 4.11. The summed E-state index contributed by atoms with van der Waals surface area (Å²) in [5, 5.41) is 14.1. The standard InChI is InChI=1S/C9H10N2O2S/c1-3-13-9(12)7(4-10)8-11-6(2)5-14-8/h5,11H,3H2,1-2H3/b8-7-. The van der Waals surface area contributed by atoms with Crippen LogP contribution < -0.4 is 5.32 Å². The second kappa shape index (κ2) is 4.72. The SMILES string of the molecule is CCOC(=O)/C(C#N)=C1/NC(C)=CS1. The van der Waals surface area contributed by atoms with Crippen LogP contribution in [0.4, 0.5) is 0 Å². The van der Waals surface area contributed by atoms with Crippen LogP contribution in [-0.4, -0.2) is 12.6 Å². The topological polar surface area (TPSA) is 62.1 Å². The highest BCUT2D eigenvalue weighted by Crippen LogP contribution is 2.26. The number of allylic oxidation sites excluding steroid dienone is 1. The Hall–Kier alpha value is -1.41. The van der Waals surface area contributed by atoms with Crippen molar-refractivity contribution in [1.29, 1.82) is 5.26 Å². The molecule has 1 N–H and O–H groups in total. The predicted molar refractivity (Wildman–Crippen MR) is 53.8 cm³/mol. The van der Waals surface area contributed by atoms with Crippen molar-refractivity contribution >= 4 is 17.7 Å². The molecule has 0 unspecified atom stereocenters. The summed E-state index contributed by atoms with van der Waals surface area (Å²) < 4.78 is 4.75. The zero-order valence-corrected chi connectivity index (χ0v) is 8.77. The summed E-state index contributed by atoms with van der Waals surface area (Å²) in [6.07, 6.45) is 0. The van der Waals surface area contributed by atoms with Crippen molar-refractivity contribution in [3.63, 3.8) is 0 Å². The first kappa shape index (κ1) is 10.7. The van der Waals surface area contributed by atoms with Crippen LogP contribution in [0.2, 0.25) is 0 Å². The second-order valence-corrected chi connectivity index (χ2v) is 3.46. The van der Waals surface area contributed by atoms with Crippen molar-refractivity contribution < 1.29 is 9.53 Å². The van der Waals surface area contributed by atoms with Gasteiger partial charge >= 0.3 is 5.97 Å². The summed E-state index contributed by atoms with van der Waals surface area (Å²) in [7, 11) is 0. The quantitative estimate of drug-likeness (QED) is 0.425. The van der Waals surface area contributed by atoms with E-state index in [1.807, 2.05) is 18.4 Å². The number of carbonyl (C=O) groups is 1. The number of hydrogen-bond donors (Lipinski definition) is 1. The van der Waals surface area contributed by atoms with Crippen LogP contribution in [0.3, 0.4) is 0 Å². The van der Waals surface area contributed by atoms with E-state index in [0.717, 1.165) is 5.70 Å². The first-order valence-corrected chi connectivity index (χ1v) is 4.99. The average Bonchev–Trinajstić information content (AvgIpc) is 2.54. The van der Waals surface area contributed by atoms with Crippen molar-refractivity contribution in [1.82, 2.24) is 5.32 Å². The monoisotopic (exact) mass is 210 g/mol. The van der Waals surface area contributed by atoms with Gasteiger partial charge in [-0.3, -0.25) is 0 Å². The molecule has 0 atom stereocenters. The third-order valence-corrected chi connectivity index (χ3v) is 2.50. The second-order valence-electron chi connectivity index (χ2n) is 2.58. The number of thioether (sulfide) groups is 1. The number of esters is 1. The molecule has 0 spiro atoms. The lowest BCUT2D eigenvalue weighted by Crippen LogP contribution is -2.13. The van der Waals surface area contributed by atoms with E-state index in [9.17, 15) is 4.79 Å². The maximum absolute atomic E-state index is 11.3. The van der Waals surface area contributed by atoms with Crippen molar-refractivity contribution in [2.24, 2.45) is 0 Å². The van der Waals surface area contributed by atoms with Crippen LogP contribution >= 0.6 is 11.8 Å². The Kier molecular flexibility index (Phi) is 3.60. The number of ether oxygens (including phenoxy) is 1. The lowest BCUT2D eigenvalue weighted by atomic mass is 10.3. The highest BCUT2D eigenvalue weighted by molar-refractivity contribution is 8.06. The summed E-state index contributed by atoms with van der Waals surface area (Å²) in [6.45, 7) is 3.84. The predicted octanol–water partition coefficient (Wildman–Crippen LogP) is 1.48. The smallest absolute Gasteiger partial charge is 0.351 e. The summed E-state index contributed by atoms with van der Waals surface area (Å²) in [5.41, 5.74) is 0.951. The van der Waals surface area contributed by atoms with Crippen LogP contribution in [0.1, 0.15) is 13.8 Å². The van der Waals surface area contributed by atoms with Crippen LogP contribution in [0.15, 0.2) is 21.7 Å². The van der Waals surface area contributed by atoms with Gasteiger partial charge in [-0.25, -0.2) is 4.79 Å². The number of carbonyl (C=O) groups excluding carboxylic acids is 1. The lowest BCUT2D eigenvalue weighted by molar-refractivity contribution is -0.138. The molecule has 0 aromatic carbocycles. The molecule has 0 bridgehead atoms. The molecule has 0 aliphatic carbocycles. The summed E-state index contributed by atoms with van der Waals surface area (Å²) >= 11 is 1.32. The molecule has 0 saturated heterocycles. The largest absolute Gasteiger partial charge is 0.462 e. The highest BCUT2D eigenvalue weighted by atomic mass is 32.2. The van der Waals surface area contributed by atoms with Crippen LogP contribution in [-0.2, 0) is 9.53 Å². The van der Waals surface area contributed by atoms with Crippen molar-refractivity contribution in [3.05, 3.63) is 21.7 Å². The van der Waals surface area contributed by atoms with E-state index in [4.69, 9.17) is 10.00 Å². The Labute approximate surface area is 86.6 Å². The van der Waals surface area contributed by atoms with E-state index >= 15 is 0 Å². The molecule has 1 aliphatic rings. The Morgan fingerprint density at radius 1 is 1.79 bits per heavy atom. The van der Waals surface area contributed by atoms with Crippen molar-refractivity contribution in [3.8, 4) is 6.07 Å². The Morgan fingerprint density at radius 3 is 2.93 bits per heavy atom. The minimum atomic E-state index is -0.576. The number of nitriles is 1. The summed E-state index contributed by atoms with van der Waals surface area (Å²) in [4.78, 5) is 11.3. The van der Waals surface area contributed by atoms with Gasteiger partial charge in [-0.05, 0) is 19.3 Å². The van der Waals surface area contributed by atoms with E-state index in [1.165, 1.54) is 11.8 Å². The zero-order valence-electron chi connectivity index (χ0n) is 7.96. The molecule has 1 rings (SSSR count). The third-order valence-electron chi connectivity index (χ3n) is 1.48. The number of hydrogen-bond acceptors (Lipinski definition) is 5. The van der Waals surface area contributed by atoms with Crippen LogP contribution in [0.25, 0.3) is 0 Å². The Balaban J connectivity index is 2.83. The maximum Gasteiger partial charge on any atom is 0.351 e. The molecular formula is C9H10N2O2S. The third kappa shape index (κ3) is 2.30. The Bertz CT molecular complexity index is 352. The van der Waals surface area contributed by atoms with Gasteiger partial charge in [0.1, 0.15) is 11.1 Å². The van der Waals surface area contributed by atoms with Gasteiger partial charge in [-0.1, -0.05) is 11.8 Å². The van der Waals surface area contributed by atoms with E-state index in [0.29, 0.717) is 5.03 Å². The molecule has 0 fully saturated rings. The lowest BCUT2D eigenvalue weighted by Gasteiger charge is -2.03. The molecule has 0 aromatic heterocycles. The van der Waals surface area contributed by atoms with Crippen LogP contribution in [0.5, 0.6) is 0 Å². The Morgan fingerprint density at radius 2 is 2.50 bits per heavy atom. The zero-order chi connectivity index (χ0) is 10.6. The van der Waals surface area contributed by atoms with Gasteiger partial charge in [0.15, 0.2) is 5.57 Å². The minimum absolute atomic E-state index is 0.0324. The molecule has 0 amide bonds. The van der Waals surface area contributed by atoms with E-state index in [-0.39, 0.29) is 12.2 Å². The van der Waals surface area contributed by atoms with Gasteiger partial charge < -0.3 is 10.1 Å². The molecule has 0 aromatic rings. The molecule has 74 valence electrons. The van der Waals surface area contributed by atoms with Gasteiger partial charge in [-0.2, -0.15) is 5.26 Å².